The molecule has 0 unspecified atom stereocenters. The van der Waals surface area contributed by atoms with E-state index in [1.165, 1.54) is 12.4 Å². The zero-order chi connectivity index (χ0) is 28.2. The van der Waals surface area contributed by atoms with Crippen LogP contribution in [0.1, 0.15) is 22.3 Å². The zero-order valence-electron chi connectivity index (χ0n) is 21.1. The summed E-state index contributed by atoms with van der Waals surface area (Å²) in [4.78, 5) is 24.3. The summed E-state index contributed by atoms with van der Waals surface area (Å²) in [7, 11) is 0. The summed E-state index contributed by atoms with van der Waals surface area (Å²) in [6, 6.07) is 29.0. The molecule has 4 rings (SSSR count). The Kier molecular flexibility index (Phi) is 10.3. The smallest absolute Gasteiger partial charge is 0.331 e. The van der Waals surface area contributed by atoms with Crippen LogP contribution >= 0.6 is 23.2 Å². The minimum Gasteiger partial charge on any atom is -0.488 e. The second-order valence-electron chi connectivity index (χ2n) is 8.23. The van der Waals surface area contributed by atoms with E-state index in [1.807, 2.05) is 48.5 Å². The topological polar surface area (TPSA) is 101 Å². The van der Waals surface area contributed by atoms with Crippen LogP contribution in [-0.2, 0) is 22.8 Å². The number of para-hydroxylation sites is 2. The van der Waals surface area contributed by atoms with Crippen LogP contribution in [0.5, 0.6) is 11.5 Å². The molecule has 0 aliphatic rings. The number of hydrogen-bond acceptors (Lipinski definition) is 6. The van der Waals surface area contributed by atoms with Crippen LogP contribution in [0.2, 0.25) is 10.0 Å². The highest BCUT2D eigenvalue weighted by molar-refractivity contribution is 6.35. The van der Waals surface area contributed by atoms with Crippen LogP contribution in [0.3, 0.4) is 0 Å². The van der Waals surface area contributed by atoms with Crippen molar-refractivity contribution in [2.75, 3.05) is 0 Å². The standard InChI is InChI=1S/C30H24Cl2N4O4/c31-25-13-5-1-11-23(25)19-39-27-15-7-3-9-21(27)17-33-35-29(37)30(38)36-34-18-22-10-4-8-16-28(22)40-20-24-12-2-6-14-26(24)32/h1-18H,19-20H2,(H,35,37)(H,36,38). The van der Waals surface area contributed by atoms with E-state index < -0.39 is 11.8 Å². The molecule has 10 heteroatoms. The monoisotopic (exact) mass is 574 g/mol. The van der Waals surface area contributed by atoms with Crippen molar-refractivity contribution in [1.82, 2.24) is 10.9 Å². The van der Waals surface area contributed by atoms with Gasteiger partial charge in [0.2, 0.25) is 0 Å². The Morgan fingerprint density at radius 2 is 0.975 bits per heavy atom. The normalized spacial score (nSPS) is 10.9. The maximum atomic E-state index is 12.2. The number of nitrogens with one attached hydrogen (secondary N) is 2. The molecule has 0 saturated carbocycles. The highest BCUT2D eigenvalue weighted by Crippen LogP contribution is 2.22. The summed E-state index contributed by atoms with van der Waals surface area (Å²) < 4.78 is 11.7. The number of nitrogens with zero attached hydrogens (tertiary/aromatic N) is 2. The van der Waals surface area contributed by atoms with Gasteiger partial charge in [0.1, 0.15) is 24.7 Å². The lowest BCUT2D eigenvalue weighted by Gasteiger charge is -2.10. The summed E-state index contributed by atoms with van der Waals surface area (Å²) in [5, 5.41) is 8.92. The lowest BCUT2D eigenvalue weighted by Crippen LogP contribution is -2.35. The van der Waals surface area contributed by atoms with Gasteiger partial charge in [-0.15, -0.1) is 0 Å². The first-order chi connectivity index (χ1) is 19.5. The van der Waals surface area contributed by atoms with Crippen molar-refractivity contribution in [2.24, 2.45) is 10.2 Å². The molecule has 4 aromatic rings. The Hall–Kier alpha value is -4.66. The van der Waals surface area contributed by atoms with E-state index in [9.17, 15) is 9.59 Å². The molecule has 2 N–H and O–H groups in total. The predicted octanol–water partition coefficient (Wildman–Crippen LogP) is 5.75. The summed E-state index contributed by atoms with van der Waals surface area (Å²) in [5.41, 5.74) is 7.21. The number of carbonyl (C=O) groups is 2. The Morgan fingerprint density at radius 1 is 0.600 bits per heavy atom. The molecule has 0 aliphatic heterocycles. The molecule has 2 amide bonds. The van der Waals surface area contributed by atoms with Gasteiger partial charge in [-0.2, -0.15) is 10.2 Å². The Balaban J connectivity index is 1.29. The fourth-order valence-electron chi connectivity index (χ4n) is 3.40. The van der Waals surface area contributed by atoms with Crippen molar-refractivity contribution in [2.45, 2.75) is 13.2 Å². The maximum Gasteiger partial charge on any atom is 0.331 e. The highest BCUT2D eigenvalue weighted by atomic mass is 35.5. The summed E-state index contributed by atoms with van der Waals surface area (Å²) in [5.74, 6) is -0.924. The third-order valence-electron chi connectivity index (χ3n) is 5.47. The first-order valence-electron chi connectivity index (χ1n) is 12.1. The molecule has 8 nitrogen and oxygen atoms in total. The number of halogens is 2. The Morgan fingerprint density at radius 3 is 1.40 bits per heavy atom. The van der Waals surface area contributed by atoms with Crippen LogP contribution in [0.15, 0.2) is 107 Å². The third kappa shape index (κ3) is 8.17. The fraction of sp³-hybridized carbons (Fsp3) is 0.0667. The zero-order valence-corrected chi connectivity index (χ0v) is 22.6. The van der Waals surface area contributed by atoms with Gasteiger partial charge in [0, 0.05) is 32.3 Å². The molecule has 0 bridgehead atoms. The second kappa shape index (κ2) is 14.5. The Bertz CT molecular complexity index is 1430. The average Bonchev–Trinajstić information content (AvgIpc) is 2.97. The molecule has 0 radical (unpaired) electrons. The van der Waals surface area contributed by atoms with Crippen LogP contribution < -0.4 is 20.3 Å². The van der Waals surface area contributed by atoms with Gasteiger partial charge in [-0.1, -0.05) is 83.9 Å². The molecule has 0 fully saturated rings. The predicted molar refractivity (Wildman–Crippen MR) is 156 cm³/mol. The van der Waals surface area contributed by atoms with E-state index in [0.29, 0.717) is 32.7 Å². The van der Waals surface area contributed by atoms with E-state index in [-0.39, 0.29) is 13.2 Å². The van der Waals surface area contributed by atoms with Gasteiger partial charge < -0.3 is 9.47 Å². The minimum atomic E-state index is -0.994. The van der Waals surface area contributed by atoms with Gasteiger partial charge in [0.15, 0.2) is 0 Å². The molecule has 0 saturated heterocycles. The summed E-state index contributed by atoms with van der Waals surface area (Å²) >= 11 is 12.4. The van der Waals surface area contributed by atoms with E-state index in [0.717, 1.165) is 11.1 Å². The largest absolute Gasteiger partial charge is 0.488 e. The van der Waals surface area contributed by atoms with Gasteiger partial charge in [-0.25, -0.2) is 10.9 Å². The van der Waals surface area contributed by atoms with Crippen LogP contribution in [-0.4, -0.2) is 24.2 Å². The molecule has 0 aromatic heterocycles. The number of rotatable bonds is 10. The van der Waals surface area contributed by atoms with Gasteiger partial charge in [-0.3, -0.25) is 9.59 Å². The number of amides is 2. The van der Waals surface area contributed by atoms with E-state index in [2.05, 4.69) is 21.1 Å². The number of hydrazone groups is 2. The highest BCUT2D eigenvalue weighted by Gasteiger charge is 2.12. The van der Waals surface area contributed by atoms with E-state index in [4.69, 9.17) is 32.7 Å². The Labute approximate surface area is 241 Å². The molecule has 0 spiro atoms. The fourth-order valence-corrected chi connectivity index (χ4v) is 3.78. The average molecular weight is 575 g/mol. The van der Waals surface area contributed by atoms with Crippen molar-refractivity contribution in [3.8, 4) is 11.5 Å². The minimum absolute atomic E-state index is 0.255. The molecule has 0 heterocycles. The third-order valence-corrected chi connectivity index (χ3v) is 6.20. The molecule has 4 aromatic carbocycles. The molecule has 0 atom stereocenters. The van der Waals surface area contributed by atoms with Gasteiger partial charge in [0.25, 0.3) is 0 Å². The molecular formula is C30H24Cl2N4O4. The summed E-state index contributed by atoms with van der Waals surface area (Å²) in [6.45, 7) is 0.511. The molecule has 40 heavy (non-hydrogen) atoms. The molecular weight excluding hydrogens is 551 g/mol. The number of carbonyl (C=O) groups excluding carboxylic acids is 2. The van der Waals surface area contributed by atoms with Crippen LogP contribution in [0.4, 0.5) is 0 Å². The van der Waals surface area contributed by atoms with Crippen molar-refractivity contribution < 1.29 is 19.1 Å². The maximum absolute atomic E-state index is 12.2. The van der Waals surface area contributed by atoms with Crippen molar-refractivity contribution in [3.63, 3.8) is 0 Å². The van der Waals surface area contributed by atoms with Crippen molar-refractivity contribution in [1.29, 1.82) is 0 Å². The number of benzene rings is 4. The number of hydrogen-bond donors (Lipinski definition) is 2. The van der Waals surface area contributed by atoms with E-state index in [1.54, 1.807) is 48.5 Å². The lowest BCUT2D eigenvalue weighted by molar-refractivity contribution is -0.139. The van der Waals surface area contributed by atoms with Gasteiger partial charge >= 0.3 is 11.8 Å². The van der Waals surface area contributed by atoms with Gasteiger partial charge in [0.05, 0.1) is 12.4 Å². The van der Waals surface area contributed by atoms with Gasteiger partial charge in [-0.05, 0) is 36.4 Å². The molecule has 202 valence electrons. The van der Waals surface area contributed by atoms with Crippen LogP contribution in [0.25, 0.3) is 0 Å². The van der Waals surface area contributed by atoms with E-state index >= 15 is 0 Å². The molecule has 0 aliphatic carbocycles. The first-order valence-corrected chi connectivity index (χ1v) is 12.8. The van der Waals surface area contributed by atoms with Crippen molar-refractivity contribution >= 4 is 47.4 Å². The quantitative estimate of drug-likeness (QED) is 0.143. The number of ether oxygens (including phenoxy) is 2. The van der Waals surface area contributed by atoms with Crippen molar-refractivity contribution in [3.05, 3.63) is 129 Å². The lowest BCUT2D eigenvalue weighted by atomic mass is 10.2. The summed E-state index contributed by atoms with van der Waals surface area (Å²) in [6.07, 6.45) is 2.76. The second-order valence-corrected chi connectivity index (χ2v) is 9.05. The SMILES string of the molecule is O=C(NN=Cc1ccccc1OCc1ccccc1Cl)C(=O)NN=Cc1ccccc1OCc1ccccc1Cl. The first kappa shape index (κ1) is 28.4. The van der Waals surface area contributed by atoms with Crippen LogP contribution in [0, 0.1) is 0 Å².